The molecule has 0 saturated heterocycles. The van der Waals surface area contributed by atoms with E-state index in [2.05, 4.69) is 15.1 Å². The molecule has 5 aromatic rings. The number of nitrogens with zero attached hydrogens (tertiary/aromatic N) is 4. The molecule has 32 heavy (non-hydrogen) atoms. The van der Waals surface area contributed by atoms with Gasteiger partial charge in [0.25, 0.3) is 5.69 Å². The van der Waals surface area contributed by atoms with E-state index in [4.69, 9.17) is 21.5 Å². The Hall–Kier alpha value is -3.72. The molecular formula is C23H22N5O3S+. The molecule has 0 unspecified atom stereocenters. The van der Waals surface area contributed by atoms with Crippen molar-refractivity contribution in [1.82, 2.24) is 19.7 Å². The lowest BCUT2D eigenvalue weighted by Crippen LogP contribution is -2.37. The van der Waals surface area contributed by atoms with Crippen LogP contribution in [0, 0.1) is 18.6 Å². The number of fused-ring (bicyclic) bond motifs is 3. The van der Waals surface area contributed by atoms with E-state index in [1.165, 1.54) is 0 Å². The van der Waals surface area contributed by atoms with Crippen molar-refractivity contribution in [1.29, 1.82) is 0 Å². The van der Waals surface area contributed by atoms with Gasteiger partial charge in [0.05, 0.1) is 41.1 Å². The molecule has 0 aliphatic heterocycles. The van der Waals surface area contributed by atoms with Crippen LogP contribution in [0.2, 0.25) is 0 Å². The minimum Gasteiger partial charge on any atom is -0.496 e. The van der Waals surface area contributed by atoms with Crippen molar-refractivity contribution >= 4 is 34.2 Å². The zero-order valence-electron chi connectivity index (χ0n) is 18.1. The van der Waals surface area contributed by atoms with Crippen molar-refractivity contribution in [3.05, 3.63) is 64.6 Å². The molecule has 0 spiro atoms. The van der Waals surface area contributed by atoms with Crippen LogP contribution in [0.3, 0.4) is 0 Å². The van der Waals surface area contributed by atoms with Gasteiger partial charge in [-0.3, -0.25) is 10.2 Å². The third kappa shape index (κ3) is 2.96. The van der Waals surface area contributed by atoms with Gasteiger partial charge < -0.3 is 18.8 Å². The summed E-state index contributed by atoms with van der Waals surface area (Å²) in [5.41, 5.74) is 5.74. The van der Waals surface area contributed by atoms with E-state index in [0.29, 0.717) is 16.2 Å². The summed E-state index contributed by atoms with van der Waals surface area (Å²) < 4.78 is 14.8. The summed E-state index contributed by atoms with van der Waals surface area (Å²) in [6.45, 7) is 5.78. The number of aromatic nitrogens is 5. The number of imidazole rings is 1. The molecule has 162 valence electrons. The Morgan fingerprint density at radius 3 is 2.78 bits per heavy atom. The minimum atomic E-state index is -0.235. The third-order valence-corrected chi connectivity index (χ3v) is 6.15. The highest BCUT2D eigenvalue weighted by Gasteiger charge is 2.24. The largest absolute Gasteiger partial charge is 0.496 e. The number of aryl methyl sites for hydroxylation is 2. The first-order chi connectivity index (χ1) is 15.4. The summed E-state index contributed by atoms with van der Waals surface area (Å²) in [6.07, 6.45) is 3.38. The van der Waals surface area contributed by atoms with Crippen molar-refractivity contribution < 1.29 is 19.2 Å². The predicted octanol–water partition coefficient (Wildman–Crippen LogP) is 4.66. The predicted molar refractivity (Wildman–Crippen MR) is 122 cm³/mol. The molecule has 4 aromatic heterocycles. The summed E-state index contributed by atoms with van der Waals surface area (Å²) in [5.74, 6) is 1.40. The highest BCUT2D eigenvalue weighted by Crippen LogP contribution is 2.39. The normalized spacial score (nSPS) is 12.5. The molecule has 0 fully saturated rings. The van der Waals surface area contributed by atoms with Crippen LogP contribution in [-0.2, 0) is 0 Å². The van der Waals surface area contributed by atoms with Crippen molar-refractivity contribution in [3.8, 4) is 16.9 Å². The van der Waals surface area contributed by atoms with Crippen molar-refractivity contribution in [2.24, 2.45) is 0 Å². The highest BCUT2D eigenvalue weighted by molar-refractivity contribution is 7.71. The summed E-state index contributed by atoms with van der Waals surface area (Å²) >= 11 is 5.66. The van der Waals surface area contributed by atoms with Gasteiger partial charge in [-0.2, -0.15) is 0 Å². The maximum Gasteiger partial charge on any atom is 0.256 e. The molecule has 2 N–H and O–H groups in total. The van der Waals surface area contributed by atoms with Gasteiger partial charge in [0.15, 0.2) is 4.77 Å². The van der Waals surface area contributed by atoms with Crippen LogP contribution in [0.4, 0.5) is 0 Å². The van der Waals surface area contributed by atoms with Gasteiger partial charge in [0.1, 0.15) is 17.6 Å². The fourth-order valence-electron chi connectivity index (χ4n) is 4.35. The Morgan fingerprint density at radius 2 is 2.09 bits per heavy atom. The van der Waals surface area contributed by atoms with Crippen molar-refractivity contribution in [2.45, 2.75) is 26.8 Å². The van der Waals surface area contributed by atoms with Gasteiger partial charge in [0.2, 0.25) is 6.20 Å². The average molecular weight is 449 g/mol. The Morgan fingerprint density at radius 1 is 1.28 bits per heavy atom. The van der Waals surface area contributed by atoms with Crippen LogP contribution in [0.15, 0.2) is 47.2 Å². The number of hydrogen-bond acceptors (Lipinski definition) is 6. The van der Waals surface area contributed by atoms with Crippen LogP contribution in [0.1, 0.15) is 30.1 Å². The van der Waals surface area contributed by atoms with Gasteiger partial charge in [-0.05, 0) is 51.2 Å². The Kier molecular flexibility index (Phi) is 4.70. The number of ether oxygens (including phenoxy) is 1. The van der Waals surface area contributed by atoms with E-state index < -0.39 is 0 Å². The molecule has 4 heterocycles. The van der Waals surface area contributed by atoms with Crippen molar-refractivity contribution in [2.75, 3.05) is 7.11 Å². The molecule has 5 rings (SSSR count). The molecule has 0 amide bonds. The fourth-order valence-corrected chi connectivity index (χ4v) is 4.70. The van der Waals surface area contributed by atoms with E-state index >= 15 is 0 Å². The maximum absolute atomic E-state index is 10.3. The summed E-state index contributed by atoms with van der Waals surface area (Å²) in [5, 5.41) is 15.3. The molecule has 0 aliphatic rings. The summed E-state index contributed by atoms with van der Waals surface area (Å²) in [6, 6.07) is 9.24. The van der Waals surface area contributed by atoms with E-state index in [1.807, 2.05) is 49.6 Å². The monoisotopic (exact) mass is 448 g/mol. The molecular weight excluding hydrogens is 426 g/mol. The zero-order valence-corrected chi connectivity index (χ0v) is 18.9. The van der Waals surface area contributed by atoms with E-state index in [0.717, 1.165) is 49.2 Å². The highest BCUT2D eigenvalue weighted by atomic mass is 32.1. The molecule has 0 radical (unpaired) electrons. The lowest BCUT2D eigenvalue weighted by Gasteiger charge is -2.14. The average Bonchev–Trinajstić information content (AvgIpc) is 3.30. The number of pyridine rings is 2. The molecule has 0 bridgehead atoms. The second-order valence-electron chi connectivity index (χ2n) is 7.74. The molecule has 1 aromatic carbocycles. The van der Waals surface area contributed by atoms with Crippen LogP contribution in [-0.4, -0.2) is 32.0 Å². The molecule has 8 nitrogen and oxygen atoms in total. The number of benzene rings is 1. The first-order valence-electron chi connectivity index (χ1n) is 10.1. The number of methoxy groups -OCH3 is 1. The SMILES string of the molecule is COc1cc2c(cc1-c1c(C)noc1C)ncc1[nH]c(=S)n([C@H](C)c3cccc[n+]3O)c12. The number of H-pyrrole nitrogens is 1. The standard InChI is InChI=1S/C23H21N5O3S/c1-12-21(14(3)31-26-12)16-9-17-15(10-20(16)30-4)22-18(11-24-17)25-23(32)28(22)13(2)19-7-5-6-8-27(19)29/h5-11,13H,1-4H3,(H-,25,29,32)/p+1/t13-/m1/s1. The Labute approximate surface area is 188 Å². The minimum absolute atomic E-state index is 0.235. The Bertz CT molecular complexity index is 1530. The van der Waals surface area contributed by atoms with Gasteiger partial charge in [-0.25, -0.2) is 0 Å². The van der Waals surface area contributed by atoms with Gasteiger partial charge in [-0.1, -0.05) is 5.16 Å². The lowest BCUT2D eigenvalue weighted by molar-refractivity contribution is -0.910. The smallest absolute Gasteiger partial charge is 0.256 e. The van der Waals surface area contributed by atoms with E-state index in [9.17, 15) is 5.21 Å². The fraction of sp³-hybridized carbons (Fsp3) is 0.217. The van der Waals surface area contributed by atoms with Crippen molar-refractivity contribution in [3.63, 3.8) is 0 Å². The molecule has 0 saturated carbocycles. The van der Waals surface area contributed by atoms with Crippen LogP contribution in [0.5, 0.6) is 5.75 Å². The van der Waals surface area contributed by atoms with E-state index in [1.54, 1.807) is 25.6 Å². The second-order valence-corrected chi connectivity index (χ2v) is 8.12. The van der Waals surface area contributed by atoms with Gasteiger partial charge in [-0.15, -0.1) is 0 Å². The second kappa shape index (κ2) is 7.45. The lowest BCUT2D eigenvalue weighted by atomic mass is 10.0. The molecule has 0 aliphatic carbocycles. The number of hydrogen-bond donors (Lipinski definition) is 2. The molecule has 9 heteroatoms. The van der Waals surface area contributed by atoms with E-state index in [-0.39, 0.29) is 6.04 Å². The first-order valence-corrected chi connectivity index (χ1v) is 10.6. The van der Waals surface area contributed by atoms with Crippen LogP contribution < -0.4 is 9.47 Å². The zero-order chi connectivity index (χ0) is 22.6. The summed E-state index contributed by atoms with van der Waals surface area (Å²) in [7, 11) is 1.64. The number of nitrogens with one attached hydrogen (secondary N) is 1. The molecule has 1 atom stereocenters. The topological polar surface area (TPSA) is 93.0 Å². The third-order valence-electron chi connectivity index (χ3n) is 5.85. The van der Waals surface area contributed by atoms with Gasteiger partial charge >= 0.3 is 0 Å². The maximum atomic E-state index is 10.3. The first kappa shape index (κ1) is 20.2. The van der Waals surface area contributed by atoms with Crippen LogP contribution in [0.25, 0.3) is 33.1 Å². The number of aromatic amines is 1. The van der Waals surface area contributed by atoms with Crippen LogP contribution >= 0.6 is 12.2 Å². The van der Waals surface area contributed by atoms with Gasteiger partial charge in [0, 0.05) is 27.8 Å². The quantitative estimate of drug-likeness (QED) is 0.236. The summed E-state index contributed by atoms with van der Waals surface area (Å²) in [4.78, 5) is 7.91. The number of rotatable bonds is 4. The Balaban J connectivity index is 1.82.